The number of carbonyl (C=O) groups is 3. The number of hydrogen-bond donors (Lipinski definition) is 5. The third-order valence-corrected chi connectivity index (χ3v) is 6.01. The maximum Gasteiger partial charge on any atom is 0.326 e. The van der Waals surface area contributed by atoms with Crippen LogP contribution in [0.3, 0.4) is 0 Å². The summed E-state index contributed by atoms with van der Waals surface area (Å²) in [6.45, 7) is 0.759. The molecule has 5 N–H and O–H groups in total. The second-order valence-corrected chi connectivity index (χ2v) is 8.36. The molecule has 4 rings (SSSR count). The van der Waals surface area contributed by atoms with Crippen LogP contribution in [0.5, 0.6) is 0 Å². The first-order chi connectivity index (χ1) is 16.0. The number of H-pyrrole nitrogens is 1. The molecule has 3 aromatic rings. The molecule has 1 saturated heterocycles. The van der Waals surface area contributed by atoms with E-state index in [1.807, 2.05) is 60.8 Å². The van der Waals surface area contributed by atoms with Crippen LogP contribution in [0, 0.1) is 0 Å². The fourth-order valence-electron chi connectivity index (χ4n) is 4.23. The lowest BCUT2D eigenvalue weighted by Gasteiger charge is -2.23. The standard InChI is InChI=1S/C25H28N4O4/c30-23(20-11-6-12-26-20)28-21(14-17-15-27-19-10-5-4-9-18(17)19)24(31)29-22(25(32)33)13-16-7-2-1-3-8-16/h1-5,7-10,15,20-22,26-27H,6,11-14H2,(H,28,30)(H,29,31)(H,32,33)/t20-,21-,22-/m0/s1. The molecule has 1 aromatic heterocycles. The minimum Gasteiger partial charge on any atom is -0.480 e. The van der Waals surface area contributed by atoms with Gasteiger partial charge in [0, 0.05) is 29.9 Å². The fourth-order valence-corrected chi connectivity index (χ4v) is 4.23. The molecular weight excluding hydrogens is 420 g/mol. The Morgan fingerprint density at radius 3 is 2.45 bits per heavy atom. The van der Waals surface area contributed by atoms with Crippen LogP contribution in [0.2, 0.25) is 0 Å². The fraction of sp³-hybridized carbons (Fsp3) is 0.320. The van der Waals surface area contributed by atoms with E-state index in [0.717, 1.165) is 35.0 Å². The summed E-state index contributed by atoms with van der Waals surface area (Å²) in [6.07, 6.45) is 3.82. The summed E-state index contributed by atoms with van der Waals surface area (Å²) in [6, 6.07) is 14.5. The van der Waals surface area contributed by atoms with Crippen LogP contribution in [-0.4, -0.2) is 52.5 Å². The topological polar surface area (TPSA) is 123 Å². The maximum atomic E-state index is 13.2. The van der Waals surface area contributed by atoms with Crippen LogP contribution < -0.4 is 16.0 Å². The Balaban J connectivity index is 1.53. The third kappa shape index (κ3) is 5.59. The molecule has 0 aliphatic carbocycles. The zero-order valence-corrected chi connectivity index (χ0v) is 18.2. The van der Waals surface area contributed by atoms with Crippen LogP contribution in [0.1, 0.15) is 24.0 Å². The molecule has 0 spiro atoms. The van der Waals surface area contributed by atoms with Crippen LogP contribution in [0.25, 0.3) is 10.9 Å². The molecular formula is C25H28N4O4. The van der Waals surface area contributed by atoms with Gasteiger partial charge in [-0.05, 0) is 36.6 Å². The third-order valence-electron chi connectivity index (χ3n) is 6.01. The van der Waals surface area contributed by atoms with Crippen molar-refractivity contribution in [1.29, 1.82) is 0 Å². The molecule has 2 heterocycles. The van der Waals surface area contributed by atoms with E-state index >= 15 is 0 Å². The van der Waals surface area contributed by atoms with Crippen molar-refractivity contribution in [1.82, 2.24) is 20.9 Å². The maximum absolute atomic E-state index is 13.2. The Hall–Kier alpha value is -3.65. The average Bonchev–Trinajstić information content (AvgIpc) is 3.49. The van der Waals surface area contributed by atoms with Gasteiger partial charge in [-0.25, -0.2) is 4.79 Å². The van der Waals surface area contributed by atoms with Crippen molar-refractivity contribution in [2.24, 2.45) is 0 Å². The summed E-state index contributed by atoms with van der Waals surface area (Å²) < 4.78 is 0. The summed E-state index contributed by atoms with van der Waals surface area (Å²) in [5.41, 5.74) is 2.61. The number of carboxylic acid groups (broad SMARTS) is 1. The number of aliphatic carboxylic acids is 1. The zero-order chi connectivity index (χ0) is 23.2. The van der Waals surface area contributed by atoms with Gasteiger partial charge >= 0.3 is 5.97 Å². The molecule has 3 atom stereocenters. The highest BCUT2D eigenvalue weighted by Gasteiger charge is 2.30. The van der Waals surface area contributed by atoms with E-state index in [4.69, 9.17) is 0 Å². The van der Waals surface area contributed by atoms with Crippen molar-refractivity contribution in [2.75, 3.05) is 6.54 Å². The number of aromatic nitrogens is 1. The van der Waals surface area contributed by atoms with E-state index in [-0.39, 0.29) is 24.8 Å². The number of para-hydroxylation sites is 1. The molecule has 0 saturated carbocycles. The Morgan fingerprint density at radius 2 is 1.73 bits per heavy atom. The van der Waals surface area contributed by atoms with Gasteiger partial charge in [0.05, 0.1) is 6.04 Å². The summed E-state index contributed by atoms with van der Waals surface area (Å²) in [5.74, 6) is -1.89. The second kappa shape index (κ2) is 10.3. The minimum absolute atomic E-state index is 0.153. The summed E-state index contributed by atoms with van der Waals surface area (Å²) >= 11 is 0. The number of hydrogen-bond acceptors (Lipinski definition) is 4. The van der Waals surface area contributed by atoms with E-state index in [9.17, 15) is 19.5 Å². The van der Waals surface area contributed by atoms with Crippen molar-refractivity contribution < 1.29 is 19.5 Å². The number of amides is 2. The van der Waals surface area contributed by atoms with E-state index in [2.05, 4.69) is 20.9 Å². The van der Waals surface area contributed by atoms with Gasteiger partial charge in [-0.15, -0.1) is 0 Å². The predicted octanol–water partition coefficient (Wildman–Crippen LogP) is 1.76. The molecule has 1 aliphatic heterocycles. The molecule has 0 unspecified atom stereocenters. The molecule has 8 heteroatoms. The van der Waals surface area contributed by atoms with E-state index < -0.39 is 24.0 Å². The molecule has 33 heavy (non-hydrogen) atoms. The second-order valence-electron chi connectivity index (χ2n) is 8.36. The van der Waals surface area contributed by atoms with Crippen molar-refractivity contribution in [3.8, 4) is 0 Å². The summed E-state index contributed by atoms with van der Waals surface area (Å²) in [4.78, 5) is 41.1. The lowest BCUT2D eigenvalue weighted by atomic mass is 10.0. The number of fused-ring (bicyclic) bond motifs is 1. The highest BCUT2D eigenvalue weighted by molar-refractivity contribution is 5.93. The predicted molar refractivity (Wildman–Crippen MR) is 125 cm³/mol. The van der Waals surface area contributed by atoms with Gasteiger partial charge in [-0.2, -0.15) is 0 Å². The van der Waals surface area contributed by atoms with Gasteiger partial charge in [-0.1, -0.05) is 48.5 Å². The molecule has 0 radical (unpaired) electrons. The first-order valence-electron chi connectivity index (χ1n) is 11.2. The minimum atomic E-state index is -1.12. The van der Waals surface area contributed by atoms with Crippen molar-refractivity contribution in [3.63, 3.8) is 0 Å². The lowest BCUT2D eigenvalue weighted by molar-refractivity contribution is -0.142. The summed E-state index contributed by atoms with van der Waals surface area (Å²) in [7, 11) is 0. The van der Waals surface area contributed by atoms with Gasteiger partial charge in [0.15, 0.2) is 0 Å². The van der Waals surface area contributed by atoms with Gasteiger partial charge in [0.25, 0.3) is 0 Å². The Bertz CT molecular complexity index is 1120. The first kappa shape index (κ1) is 22.5. The Labute approximate surface area is 191 Å². The van der Waals surface area contributed by atoms with E-state index in [1.165, 1.54) is 0 Å². The highest BCUT2D eigenvalue weighted by Crippen LogP contribution is 2.19. The van der Waals surface area contributed by atoms with Crippen molar-refractivity contribution in [3.05, 3.63) is 71.9 Å². The van der Waals surface area contributed by atoms with E-state index in [0.29, 0.717) is 6.42 Å². The number of benzene rings is 2. The summed E-state index contributed by atoms with van der Waals surface area (Å²) in [5, 5.41) is 19.3. The molecule has 172 valence electrons. The average molecular weight is 449 g/mol. The van der Waals surface area contributed by atoms with Crippen LogP contribution in [0.4, 0.5) is 0 Å². The normalized spacial score (nSPS) is 17.4. The molecule has 1 fully saturated rings. The van der Waals surface area contributed by atoms with Gasteiger partial charge in [-0.3, -0.25) is 9.59 Å². The first-order valence-corrected chi connectivity index (χ1v) is 11.2. The van der Waals surface area contributed by atoms with Crippen LogP contribution in [-0.2, 0) is 27.2 Å². The largest absolute Gasteiger partial charge is 0.480 e. The molecule has 2 aromatic carbocycles. The van der Waals surface area contributed by atoms with Crippen LogP contribution in [0.15, 0.2) is 60.8 Å². The SMILES string of the molecule is O=C(O)[C@H](Cc1ccccc1)NC(=O)[C@H](Cc1c[nH]c2ccccc12)NC(=O)[C@@H]1CCCN1. The van der Waals surface area contributed by atoms with Crippen molar-refractivity contribution in [2.45, 2.75) is 43.8 Å². The van der Waals surface area contributed by atoms with Gasteiger partial charge < -0.3 is 26.0 Å². The number of aromatic amines is 1. The number of nitrogens with one attached hydrogen (secondary N) is 4. The van der Waals surface area contributed by atoms with Gasteiger partial charge in [0.2, 0.25) is 11.8 Å². The van der Waals surface area contributed by atoms with Crippen LogP contribution >= 0.6 is 0 Å². The zero-order valence-electron chi connectivity index (χ0n) is 18.2. The number of rotatable bonds is 9. The Morgan fingerprint density at radius 1 is 0.970 bits per heavy atom. The number of carboxylic acids is 1. The molecule has 0 bridgehead atoms. The molecule has 2 amide bonds. The van der Waals surface area contributed by atoms with Crippen molar-refractivity contribution >= 4 is 28.7 Å². The monoisotopic (exact) mass is 448 g/mol. The smallest absolute Gasteiger partial charge is 0.326 e. The quantitative estimate of drug-likeness (QED) is 0.341. The molecule has 8 nitrogen and oxygen atoms in total. The number of carbonyl (C=O) groups excluding carboxylic acids is 2. The Kier molecular flexibility index (Phi) is 7.04. The molecule has 1 aliphatic rings. The lowest BCUT2D eigenvalue weighted by Crippen LogP contribution is -2.55. The van der Waals surface area contributed by atoms with Gasteiger partial charge in [0.1, 0.15) is 12.1 Å². The highest BCUT2D eigenvalue weighted by atomic mass is 16.4. The van der Waals surface area contributed by atoms with E-state index in [1.54, 1.807) is 0 Å².